The summed E-state index contributed by atoms with van der Waals surface area (Å²) >= 11 is 8.83. The number of nitrogens with zero attached hydrogens (tertiary/aromatic N) is 1. The lowest BCUT2D eigenvalue weighted by Crippen LogP contribution is -2.28. The summed E-state index contributed by atoms with van der Waals surface area (Å²) < 4.78 is 20.4. The van der Waals surface area contributed by atoms with E-state index in [0.29, 0.717) is 11.3 Å². The zero-order valence-corrected chi connectivity index (χ0v) is 28.7. The number of thiophene rings is 1. The number of hydrogen-bond acceptors (Lipinski definition) is 6. The van der Waals surface area contributed by atoms with Gasteiger partial charge in [-0.2, -0.15) is 0 Å². The van der Waals surface area contributed by atoms with Crippen molar-refractivity contribution in [1.29, 1.82) is 0 Å². The SMILES string of the molecule is C/C=C(\C(Cl)=C/C(N(CP)c1ccccc1)=S(C)O)c1ccc(SO)s1.CC(C)C(=O)CN.CC1CCCCC1. The van der Waals surface area contributed by atoms with E-state index in [0.717, 1.165) is 43.3 Å². The molecule has 0 spiro atoms. The standard InChI is InChI=1S/C18H21ClNO2PS3.C7H14.C5H11NO/c1-3-14(16-9-10-18(24-16)25-21)15(19)11-17(26(2)22)20(12-23)13-7-5-4-6-8-13;1-7-5-3-2-4-6-7;1-4(2)5(7)3-6/h3-11,21-22H,12,23H2,1-2H3;7H,2-6H2,1H3;4H,3,6H2,1-2H3/b14-3+,15-11+;;. The van der Waals surface area contributed by atoms with Crippen molar-refractivity contribution in [1.82, 2.24) is 0 Å². The first-order chi connectivity index (χ1) is 19.1. The van der Waals surface area contributed by atoms with E-state index >= 15 is 0 Å². The fourth-order valence-electron chi connectivity index (χ4n) is 3.89. The molecule has 1 fully saturated rings. The average molecular weight is 645 g/mol. The Morgan fingerprint density at radius 1 is 1.23 bits per heavy atom. The Balaban J connectivity index is 0.000000465. The number of allylic oxidation sites excluding steroid dienone is 3. The maximum absolute atomic E-state index is 10.4. The quantitative estimate of drug-likeness (QED) is 0.0872. The fourth-order valence-corrected chi connectivity index (χ4v) is 7.03. The molecule has 0 aliphatic heterocycles. The molecular weight excluding hydrogens is 599 g/mol. The van der Waals surface area contributed by atoms with Crippen LogP contribution in [0, 0.1) is 11.8 Å². The van der Waals surface area contributed by atoms with Crippen molar-refractivity contribution >= 4 is 77.0 Å². The first kappa shape index (κ1) is 37.1. The van der Waals surface area contributed by atoms with E-state index in [-0.39, 0.29) is 18.2 Å². The highest BCUT2D eigenvalue weighted by molar-refractivity contribution is 8.10. The van der Waals surface area contributed by atoms with Gasteiger partial charge in [0, 0.05) is 46.6 Å². The normalized spacial score (nSPS) is 15.4. The minimum absolute atomic E-state index is 0.102. The fraction of sp³-hybridized carbons (Fsp3) is 0.467. The first-order valence-corrected chi connectivity index (χ1v) is 17.9. The molecule has 2 atom stereocenters. The Morgan fingerprint density at radius 2 is 1.85 bits per heavy atom. The second-order valence-electron chi connectivity index (χ2n) is 9.74. The summed E-state index contributed by atoms with van der Waals surface area (Å²) in [7, 11) is 1.72. The summed E-state index contributed by atoms with van der Waals surface area (Å²) in [5, 5.41) is 0.548. The largest absolute Gasteiger partial charge is 0.336 e. The highest BCUT2D eigenvalue weighted by atomic mass is 35.5. The van der Waals surface area contributed by atoms with Gasteiger partial charge in [0.15, 0.2) is 0 Å². The molecule has 2 unspecified atom stereocenters. The number of benzene rings is 1. The van der Waals surface area contributed by atoms with Crippen LogP contribution in [0.25, 0.3) is 5.57 Å². The summed E-state index contributed by atoms with van der Waals surface area (Å²) in [6.07, 6.45) is 13.6. The van der Waals surface area contributed by atoms with Crippen molar-refractivity contribution in [3.8, 4) is 0 Å². The number of carbonyl (C=O) groups excluding carboxylic acids is 1. The van der Waals surface area contributed by atoms with Crippen LogP contribution in [0.4, 0.5) is 5.69 Å². The van der Waals surface area contributed by atoms with Gasteiger partial charge in [0.2, 0.25) is 0 Å². The maximum atomic E-state index is 10.4. The highest BCUT2D eigenvalue weighted by Gasteiger charge is 2.15. The molecule has 224 valence electrons. The summed E-state index contributed by atoms with van der Waals surface area (Å²) in [6, 6.07) is 13.7. The van der Waals surface area contributed by atoms with Crippen LogP contribution in [0.15, 0.2) is 63.9 Å². The molecule has 40 heavy (non-hydrogen) atoms. The van der Waals surface area contributed by atoms with E-state index in [4.69, 9.17) is 17.3 Å². The summed E-state index contributed by atoms with van der Waals surface area (Å²) in [5.41, 5.74) is 6.88. The van der Waals surface area contributed by atoms with Crippen molar-refractivity contribution < 1.29 is 13.9 Å². The number of Topliss-reactive ketones (excluding diaryl/α,β-unsaturated/α-hetero) is 1. The van der Waals surface area contributed by atoms with E-state index in [1.54, 1.807) is 6.26 Å². The Hall–Kier alpha value is -0.960. The third-order valence-electron chi connectivity index (χ3n) is 6.29. The molecule has 1 aromatic heterocycles. The molecule has 0 amide bonds. The number of carbonyl (C=O) groups is 1. The van der Waals surface area contributed by atoms with Gasteiger partial charge in [-0.15, -0.1) is 20.6 Å². The monoisotopic (exact) mass is 644 g/mol. The summed E-state index contributed by atoms with van der Waals surface area (Å²) in [6.45, 7) is 8.15. The molecule has 1 saturated carbocycles. The lowest BCUT2D eigenvalue weighted by atomic mass is 9.91. The minimum atomic E-state index is -0.975. The molecule has 0 saturated heterocycles. The zero-order chi connectivity index (χ0) is 30.1. The lowest BCUT2D eigenvalue weighted by molar-refractivity contribution is -0.120. The van der Waals surface area contributed by atoms with Crippen molar-refractivity contribution in [2.75, 3.05) is 24.0 Å². The van der Waals surface area contributed by atoms with E-state index in [1.807, 2.05) is 80.3 Å². The van der Waals surface area contributed by atoms with Gasteiger partial charge in [0.05, 0.1) is 20.8 Å². The van der Waals surface area contributed by atoms with Crippen molar-refractivity contribution in [3.63, 3.8) is 0 Å². The Kier molecular flexibility index (Phi) is 19.3. The average Bonchev–Trinajstić information content (AvgIpc) is 3.43. The Labute approximate surface area is 259 Å². The van der Waals surface area contributed by atoms with Crippen LogP contribution in [-0.4, -0.2) is 39.0 Å². The van der Waals surface area contributed by atoms with Gasteiger partial charge in [0.1, 0.15) is 5.78 Å². The van der Waals surface area contributed by atoms with Gasteiger partial charge in [-0.05, 0) is 53.9 Å². The maximum Gasteiger partial charge on any atom is 0.148 e. The molecule has 10 heteroatoms. The van der Waals surface area contributed by atoms with Gasteiger partial charge in [-0.1, -0.05) is 88.8 Å². The van der Waals surface area contributed by atoms with Crippen molar-refractivity contribution in [2.24, 2.45) is 17.6 Å². The predicted octanol–water partition coefficient (Wildman–Crippen LogP) is 9.44. The van der Waals surface area contributed by atoms with Gasteiger partial charge in [-0.3, -0.25) is 4.79 Å². The number of hydrogen-bond donors (Lipinski definition) is 3. The molecule has 1 aliphatic carbocycles. The van der Waals surface area contributed by atoms with Gasteiger partial charge < -0.3 is 19.7 Å². The first-order valence-electron chi connectivity index (χ1n) is 13.5. The molecule has 1 heterocycles. The third-order valence-corrected chi connectivity index (χ3v) is 9.62. The van der Waals surface area contributed by atoms with Crippen molar-refractivity contribution in [2.45, 2.75) is 64.0 Å². The van der Waals surface area contributed by atoms with Crippen molar-refractivity contribution in [3.05, 3.63) is 64.5 Å². The summed E-state index contributed by atoms with van der Waals surface area (Å²) in [5.74, 6) is 1.26. The van der Waals surface area contributed by atoms with Gasteiger partial charge >= 0.3 is 0 Å². The van der Waals surface area contributed by atoms with Crippen LogP contribution in [0.2, 0.25) is 0 Å². The molecule has 0 bridgehead atoms. The number of nitrogens with two attached hydrogens (primary N) is 1. The van der Waals surface area contributed by atoms with Crippen LogP contribution in [0.5, 0.6) is 0 Å². The highest BCUT2D eigenvalue weighted by Crippen LogP contribution is 2.35. The molecule has 3 rings (SSSR count). The van der Waals surface area contributed by atoms with Gasteiger partial charge in [-0.25, -0.2) is 0 Å². The Morgan fingerprint density at radius 3 is 2.23 bits per heavy atom. The van der Waals surface area contributed by atoms with E-state index in [2.05, 4.69) is 16.2 Å². The van der Waals surface area contributed by atoms with Crippen LogP contribution in [-0.2, 0) is 4.79 Å². The Bertz CT molecular complexity index is 1110. The topological polar surface area (TPSA) is 86.8 Å². The van der Waals surface area contributed by atoms with Crippen LogP contribution < -0.4 is 10.6 Å². The van der Waals surface area contributed by atoms with Crippen LogP contribution >= 0.6 is 55.0 Å². The van der Waals surface area contributed by atoms with E-state index in [9.17, 15) is 13.9 Å². The minimum Gasteiger partial charge on any atom is -0.336 e. The lowest BCUT2D eigenvalue weighted by Gasteiger charge is -2.25. The number of para-hydroxylation sites is 1. The number of halogens is 1. The second kappa shape index (κ2) is 20.8. The van der Waals surface area contributed by atoms with Gasteiger partial charge in [0.25, 0.3) is 0 Å². The molecule has 1 aromatic carbocycles. The van der Waals surface area contributed by atoms with E-state index in [1.165, 1.54) is 43.4 Å². The smallest absolute Gasteiger partial charge is 0.148 e. The third kappa shape index (κ3) is 13.3. The number of rotatable bonds is 8. The van der Waals surface area contributed by atoms with Crippen LogP contribution in [0.3, 0.4) is 0 Å². The number of anilines is 1. The van der Waals surface area contributed by atoms with Crippen LogP contribution in [0.1, 0.15) is 64.7 Å². The zero-order valence-electron chi connectivity index (χ0n) is 24.3. The molecular formula is C30H46ClN2O3PS3. The molecule has 1 aliphatic rings. The molecule has 5 nitrogen and oxygen atoms in total. The molecule has 0 radical (unpaired) electrons. The number of ketones is 1. The second-order valence-corrected chi connectivity index (χ2v) is 13.8. The molecule has 4 N–H and O–H groups in total. The summed E-state index contributed by atoms with van der Waals surface area (Å²) in [4.78, 5) is 14.1. The molecule has 2 aromatic rings. The predicted molar refractivity (Wildman–Crippen MR) is 186 cm³/mol. The van der Waals surface area contributed by atoms with E-state index < -0.39 is 10.8 Å².